The predicted molar refractivity (Wildman–Crippen MR) is 83.6 cm³/mol. The van der Waals surface area contributed by atoms with Crippen molar-refractivity contribution in [1.82, 2.24) is 10.5 Å². The highest BCUT2D eigenvalue weighted by Gasteiger charge is 2.23. The quantitative estimate of drug-likeness (QED) is 0.442. The highest BCUT2D eigenvalue weighted by molar-refractivity contribution is 7.16. The number of hydrogen-bond acceptors (Lipinski definition) is 5. The molecule has 1 amide bonds. The van der Waals surface area contributed by atoms with Gasteiger partial charge in [-0.3, -0.25) is 10.0 Å². The number of hydroxylamine groups is 1. The molecule has 2 N–H and O–H groups in total. The van der Waals surface area contributed by atoms with Gasteiger partial charge in [-0.1, -0.05) is 18.2 Å². The third-order valence-electron chi connectivity index (χ3n) is 3.34. The molecule has 0 fully saturated rings. The Balaban J connectivity index is 1.90. The third kappa shape index (κ3) is 2.55. The molecule has 21 heavy (non-hydrogen) atoms. The average Bonchev–Trinajstić information content (AvgIpc) is 3.01. The Labute approximate surface area is 126 Å². The lowest BCUT2D eigenvalue weighted by atomic mass is 10.1. The largest absolute Gasteiger partial charge is 0.354 e. The lowest BCUT2D eigenvalue weighted by Gasteiger charge is -2.07. The zero-order valence-electron chi connectivity index (χ0n) is 11.8. The minimum Gasteiger partial charge on any atom is -0.354 e. The number of benzene rings is 1. The summed E-state index contributed by atoms with van der Waals surface area (Å²) in [6.07, 6.45) is 3.86. The summed E-state index contributed by atoms with van der Waals surface area (Å²) < 4.78 is 0. The molecule has 0 unspecified atom stereocenters. The van der Waals surface area contributed by atoms with Crippen molar-refractivity contribution in [2.24, 2.45) is 0 Å². The Bertz CT molecular complexity index is 735. The molecule has 0 saturated carbocycles. The van der Waals surface area contributed by atoms with E-state index in [1.54, 1.807) is 22.9 Å². The SMILES string of the molecule is CN(C)c1nc2c(s1)Cc1cc(/C=C/C(=O)NO)ccc1-2. The molecule has 6 heteroatoms. The normalized spacial score (nSPS) is 12.3. The van der Waals surface area contributed by atoms with Gasteiger partial charge in [-0.15, -0.1) is 11.3 Å². The van der Waals surface area contributed by atoms with Gasteiger partial charge >= 0.3 is 0 Å². The van der Waals surface area contributed by atoms with Crippen molar-refractivity contribution >= 4 is 28.5 Å². The van der Waals surface area contributed by atoms with E-state index in [9.17, 15) is 4.79 Å². The maximum absolute atomic E-state index is 11.0. The van der Waals surface area contributed by atoms with Crippen LogP contribution in [0.4, 0.5) is 5.13 Å². The van der Waals surface area contributed by atoms with Crippen molar-refractivity contribution in [1.29, 1.82) is 0 Å². The van der Waals surface area contributed by atoms with Gasteiger partial charge in [0.2, 0.25) is 0 Å². The van der Waals surface area contributed by atoms with Crippen LogP contribution in [0.15, 0.2) is 24.3 Å². The van der Waals surface area contributed by atoms with Crippen LogP contribution in [0.2, 0.25) is 0 Å². The molecular weight excluding hydrogens is 286 g/mol. The standard InChI is InChI=1S/C15H15N3O2S/c1-18(2)15-16-14-11-5-3-9(4-6-13(19)17-20)7-10(11)8-12(14)21-15/h3-7,20H,8H2,1-2H3,(H,17,19)/b6-4+. The van der Waals surface area contributed by atoms with E-state index in [-0.39, 0.29) is 0 Å². The lowest BCUT2D eigenvalue weighted by Crippen LogP contribution is -2.14. The van der Waals surface area contributed by atoms with Crippen LogP contribution in [0.1, 0.15) is 16.0 Å². The fourth-order valence-corrected chi connectivity index (χ4v) is 3.36. The first kappa shape index (κ1) is 13.8. The molecule has 1 aromatic heterocycles. The first-order valence-corrected chi connectivity index (χ1v) is 7.32. The van der Waals surface area contributed by atoms with Crippen LogP contribution in [0.25, 0.3) is 17.3 Å². The predicted octanol–water partition coefficient (Wildman–Crippen LogP) is 2.30. The Hall–Kier alpha value is -2.18. The zero-order chi connectivity index (χ0) is 15.0. The third-order valence-corrected chi connectivity index (χ3v) is 4.56. The molecule has 0 radical (unpaired) electrons. The van der Waals surface area contributed by atoms with Crippen molar-refractivity contribution in [2.45, 2.75) is 6.42 Å². The number of nitrogens with one attached hydrogen (secondary N) is 1. The smallest absolute Gasteiger partial charge is 0.267 e. The lowest BCUT2D eigenvalue weighted by molar-refractivity contribution is -0.124. The van der Waals surface area contributed by atoms with E-state index in [0.717, 1.165) is 28.4 Å². The van der Waals surface area contributed by atoms with Crippen molar-refractivity contribution in [3.63, 3.8) is 0 Å². The highest BCUT2D eigenvalue weighted by atomic mass is 32.1. The van der Waals surface area contributed by atoms with E-state index in [4.69, 9.17) is 5.21 Å². The first-order chi connectivity index (χ1) is 10.1. The Morgan fingerprint density at radius 2 is 2.29 bits per heavy atom. The van der Waals surface area contributed by atoms with E-state index < -0.39 is 5.91 Å². The summed E-state index contributed by atoms with van der Waals surface area (Å²) in [5, 5.41) is 9.49. The summed E-state index contributed by atoms with van der Waals surface area (Å²) in [7, 11) is 3.99. The average molecular weight is 301 g/mol. The Morgan fingerprint density at radius 3 is 3.00 bits per heavy atom. The van der Waals surface area contributed by atoms with E-state index in [1.807, 2.05) is 31.1 Å². The van der Waals surface area contributed by atoms with Crippen molar-refractivity contribution in [2.75, 3.05) is 19.0 Å². The summed E-state index contributed by atoms with van der Waals surface area (Å²) in [6.45, 7) is 0. The molecule has 0 bridgehead atoms. The second-order valence-electron chi connectivity index (χ2n) is 5.07. The van der Waals surface area contributed by atoms with Gasteiger partial charge in [0.1, 0.15) is 0 Å². The maximum atomic E-state index is 11.0. The van der Waals surface area contributed by atoms with Gasteiger partial charge in [-0.25, -0.2) is 10.5 Å². The van der Waals surface area contributed by atoms with Crippen LogP contribution < -0.4 is 10.4 Å². The van der Waals surface area contributed by atoms with Crippen LogP contribution in [0.3, 0.4) is 0 Å². The summed E-state index contributed by atoms with van der Waals surface area (Å²) >= 11 is 1.71. The topological polar surface area (TPSA) is 65.5 Å². The summed E-state index contributed by atoms with van der Waals surface area (Å²) in [4.78, 5) is 19.0. The van der Waals surface area contributed by atoms with Crippen LogP contribution >= 0.6 is 11.3 Å². The van der Waals surface area contributed by atoms with Gasteiger partial charge in [0.05, 0.1) is 5.69 Å². The number of hydrogen-bond donors (Lipinski definition) is 2. The molecule has 0 spiro atoms. The van der Waals surface area contributed by atoms with Gasteiger partial charge in [-0.2, -0.15) is 0 Å². The number of carbonyl (C=O) groups excluding carboxylic acids is 1. The number of nitrogens with zero attached hydrogens (tertiary/aromatic N) is 2. The second-order valence-corrected chi connectivity index (χ2v) is 6.13. The zero-order valence-corrected chi connectivity index (χ0v) is 12.6. The molecule has 0 saturated heterocycles. The van der Waals surface area contributed by atoms with Gasteiger partial charge in [0.15, 0.2) is 5.13 Å². The summed E-state index contributed by atoms with van der Waals surface area (Å²) in [5.41, 5.74) is 5.97. The number of thiazole rings is 1. The number of rotatable bonds is 3. The molecule has 1 heterocycles. The van der Waals surface area contributed by atoms with Crippen LogP contribution in [-0.4, -0.2) is 30.2 Å². The fraction of sp³-hybridized carbons (Fsp3) is 0.200. The molecule has 2 aromatic rings. The molecule has 5 nitrogen and oxygen atoms in total. The monoisotopic (exact) mass is 301 g/mol. The Morgan fingerprint density at radius 1 is 1.48 bits per heavy atom. The molecule has 1 aromatic carbocycles. The van der Waals surface area contributed by atoms with Crippen molar-refractivity contribution in [3.05, 3.63) is 40.3 Å². The minimum atomic E-state index is -0.535. The molecule has 3 rings (SSSR count). The molecule has 1 aliphatic carbocycles. The number of fused-ring (bicyclic) bond motifs is 3. The van der Waals surface area contributed by atoms with Gasteiger partial charge in [-0.05, 0) is 17.2 Å². The highest BCUT2D eigenvalue weighted by Crippen LogP contribution is 2.41. The van der Waals surface area contributed by atoms with E-state index in [1.165, 1.54) is 16.5 Å². The van der Waals surface area contributed by atoms with Crippen LogP contribution in [-0.2, 0) is 11.2 Å². The molecule has 108 valence electrons. The number of aromatic nitrogens is 1. The number of amides is 1. The molecule has 1 aliphatic rings. The number of anilines is 1. The van der Waals surface area contributed by atoms with E-state index in [2.05, 4.69) is 11.1 Å². The summed E-state index contributed by atoms with van der Waals surface area (Å²) in [6, 6.07) is 6.04. The van der Waals surface area contributed by atoms with Crippen LogP contribution in [0.5, 0.6) is 0 Å². The number of carbonyl (C=O) groups is 1. The van der Waals surface area contributed by atoms with Crippen molar-refractivity contribution < 1.29 is 10.0 Å². The van der Waals surface area contributed by atoms with E-state index >= 15 is 0 Å². The fourth-order valence-electron chi connectivity index (χ4n) is 2.34. The molecule has 0 aliphatic heterocycles. The second kappa shape index (κ2) is 5.31. The Kier molecular flexibility index (Phi) is 3.48. The first-order valence-electron chi connectivity index (χ1n) is 6.51. The summed E-state index contributed by atoms with van der Waals surface area (Å²) in [5.74, 6) is -0.535. The minimum absolute atomic E-state index is 0.535. The molecule has 0 atom stereocenters. The van der Waals surface area contributed by atoms with E-state index in [0.29, 0.717) is 0 Å². The van der Waals surface area contributed by atoms with Gasteiger partial charge in [0, 0.05) is 37.0 Å². The van der Waals surface area contributed by atoms with Gasteiger partial charge in [0.25, 0.3) is 5.91 Å². The van der Waals surface area contributed by atoms with Gasteiger partial charge < -0.3 is 4.90 Å². The van der Waals surface area contributed by atoms with Crippen LogP contribution in [0, 0.1) is 0 Å². The molecular formula is C15H15N3O2S. The maximum Gasteiger partial charge on any atom is 0.267 e. The van der Waals surface area contributed by atoms with Crippen molar-refractivity contribution in [3.8, 4) is 11.3 Å².